The molecular weight excluding hydrogens is 382 g/mol. The van der Waals surface area contributed by atoms with Crippen molar-refractivity contribution in [3.63, 3.8) is 0 Å². The Morgan fingerprint density at radius 2 is 0.636 bits per heavy atom. The first-order valence-corrected chi connectivity index (χ1v) is 8.17. The van der Waals surface area contributed by atoms with Crippen molar-refractivity contribution in [2.45, 2.75) is 77.0 Å². The molecule has 0 N–H and O–H groups in total. The second-order valence-electron chi connectivity index (χ2n) is 5.42. The minimum Gasteiger partial charge on any atom is -0.418 e. The van der Waals surface area contributed by atoms with E-state index < -0.39 is 7.25 Å². The van der Waals surface area contributed by atoms with Gasteiger partial charge in [-0.25, -0.2) is 0 Å². The SMILES string of the molecule is C1=C\CCCCCC/1.C1=C\CCCCCC/1.F[B-](F)(F)F.[Rh]. The monoisotopic (exact) mass is 410 g/mol. The molecule has 0 spiro atoms. The van der Waals surface area contributed by atoms with Crippen LogP contribution in [0.3, 0.4) is 0 Å². The molecule has 0 heterocycles. The van der Waals surface area contributed by atoms with E-state index in [1.165, 1.54) is 77.0 Å². The van der Waals surface area contributed by atoms with Crippen molar-refractivity contribution >= 4 is 7.25 Å². The van der Waals surface area contributed by atoms with Crippen LogP contribution >= 0.6 is 0 Å². The van der Waals surface area contributed by atoms with Gasteiger partial charge in [-0.2, -0.15) is 0 Å². The Hall–Kier alpha value is -0.112. The van der Waals surface area contributed by atoms with E-state index in [4.69, 9.17) is 0 Å². The third-order valence-corrected chi connectivity index (χ3v) is 3.32. The maximum atomic E-state index is 9.75. The Bertz CT molecular complexity index is 230. The predicted molar refractivity (Wildman–Crippen MR) is 83.9 cm³/mol. The van der Waals surface area contributed by atoms with Crippen LogP contribution in [0.1, 0.15) is 77.0 Å². The summed E-state index contributed by atoms with van der Waals surface area (Å²) in [6.07, 6.45) is 26.0. The second-order valence-corrected chi connectivity index (χ2v) is 5.42. The third-order valence-electron chi connectivity index (χ3n) is 3.32. The molecule has 0 amide bonds. The average Bonchev–Trinajstić information content (AvgIpc) is 2.24. The van der Waals surface area contributed by atoms with Gasteiger partial charge in [-0.3, -0.25) is 0 Å². The van der Waals surface area contributed by atoms with Crippen LogP contribution < -0.4 is 0 Å². The zero-order chi connectivity index (χ0) is 15.8. The standard InChI is InChI=1S/2C8H14.BF4.Rh/c2*1-2-4-6-8-7-5-3-1;2-1(3,4)5;/h2*1-2H,3-8H2;;/q;;-1;/b2*2-1-;;. The molecule has 0 aromatic rings. The molecule has 0 fully saturated rings. The first-order chi connectivity index (χ1) is 10.0. The van der Waals surface area contributed by atoms with Gasteiger partial charge in [-0.1, -0.05) is 50.0 Å². The maximum Gasteiger partial charge on any atom is 0.673 e. The van der Waals surface area contributed by atoms with Crippen LogP contribution in [0.15, 0.2) is 24.3 Å². The van der Waals surface area contributed by atoms with Crippen molar-refractivity contribution in [1.82, 2.24) is 0 Å². The Morgan fingerprint density at radius 3 is 0.818 bits per heavy atom. The van der Waals surface area contributed by atoms with Crippen LogP contribution in [-0.4, -0.2) is 7.25 Å². The summed E-state index contributed by atoms with van der Waals surface area (Å²) < 4.78 is 39.0. The van der Waals surface area contributed by atoms with E-state index in [1.807, 2.05) is 0 Å². The Morgan fingerprint density at radius 1 is 0.455 bits per heavy atom. The summed E-state index contributed by atoms with van der Waals surface area (Å²) in [5, 5.41) is 0. The Balaban J connectivity index is 0. The third kappa shape index (κ3) is 28.1. The molecule has 2 aliphatic rings. The van der Waals surface area contributed by atoms with E-state index in [-0.39, 0.29) is 19.5 Å². The van der Waals surface area contributed by atoms with Crippen LogP contribution in [0.2, 0.25) is 0 Å². The first kappa shape index (κ1) is 24.1. The number of hydrogen-bond donors (Lipinski definition) is 0. The zero-order valence-electron chi connectivity index (χ0n) is 13.2. The van der Waals surface area contributed by atoms with Gasteiger partial charge in [0, 0.05) is 19.5 Å². The fraction of sp³-hybridized carbons (Fsp3) is 0.750. The molecule has 2 aliphatic carbocycles. The van der Waals surface area contributed by atoms with Crippen molar-refractivity contribution in [1.29, 1.82) is 0 Å². The summed E-state index contributed by atoms with van der Waals surface area (Å²) >= 11 is 0. The molecule has 0 aliphatic heterocycles. The molecule has 1 radical (unpaired) electrons. The summed E-state index contributed by atoms with van der Waals surface area (Å²) in [4.78, 5) is 0. The normalized spacial score (nSPS) is 21.6. The van der Waals surface area contributed by atoms with E-state index >= 15 is 0 Å². The quantitative estimate of drug-likeness (QED) is 0.227. The van der Waals surface area contributed by atoms with Crippen molar-refractivity contribution in [3.05, 3.63) is 24.3 Å². The van der Waals surface area contributed by atoms with Gasteiger partial charge < -0.3 is 17.3 Å². The Labute approximate surface area is 145 Å². The molecule has 0 aromatic carbocycles. The minimum atomic E-state index is -6.00. The first-order valence-electron chi connectivity index (χ1n) is 8.17. The van der Waals surface area contributed by atoms with Crippen molar-refractivity contribution in [2.75, 3.05) is 0 Å². The van der Waals surface area contributed by atoms with Gasteiger partial charge in [0.05, 0.1) is 0 Å². The molecule has 0 aromatic heterocycles. The molecular formula is C16H28BF4Rh-. The van der Waals surface area contributed by atoms with Crippen LogP contribution in [0, 0.1) is 0 Å². The van der Waals surface area contributed by atoms with Gasteiger partial charge >= 0.3 is 7.25 Å². The largest absolute Gasteiger partial charge is 0.673 e. The van der Waals surface area contributed by atoms with E-state index in [9.17, 15) is 17.3 Å². The topological polar surface area (TPSA) is 0 Å². The smallest absolute Gasteiger partial charge is 0.418 e. The van der Waals surface area contributed by atoms with Crippen molar-refractivity contribution in [2.24, 2.45) is 0 Å². The molecule has 22 heavy (non-hydrogen) atoms. The molecule has 133 valence electrons. The van der Waals surface area contributed by atoms with Gasteiger partial charge in [0.2, 0.25) is 0 Å². The van der Waals surface area contributed by atoms with E-state index in [1.54, 1.807) is 0 Å². The minimum absolute atomic E-state index is 0. The van der Waals surface area contributed by atoms with Crippen molar-refractivity contribution < 1.29 is 36.7 Å². The van der Waals surface area contributed by atoms with Gasteiger partial charge in [0.1, 0.15) is 0 Å². The van der Waals surface area contributed by atoms with Gasteiger partial charge in [0.15, 0.2) is 0 Å². The number of allylic oxidation sites excluding steroid dienone is 4. The molecule has 0 saturated heterocycles. The molecule has 0 nitrogen and oxygen atoms in total. The summed E-state index contributed by atoms with van der Waals surface area (Å²) in [5.74, 6) is 0. The van der Waals surface area contributed by atoms with Crippen LogP contribution in [-0.2, 0) is 19.5 Å². The predicted octanol–water partition coefficient (Wildman–Crippen LogP) is 7.09. The maximum absolute atomic E-state index is 9.75. The fourth-order valence-electron chi connectivity index (χ4n) is 2.23. The molecule has 2 rings (SSSR count). The summed E-state index contributed by atoms with van der Waals surface area (Å²) in [7, 11) is -6.00. The fourth-order valence-corrected chi connectivity index (χ4v) is 2.23. The van der Waals surface area contributed by atoms with Gasteiger partial charge in [-0.15, -0.1) is 0 Å². The number of hydrogen-bond acceptors (Lipinski definition) is 0. The molecule has 0 unspecified atom stereocenters. The second kappa shape index (κ2) is 17.2. The van der Waals surface area contributed by atoms with E-state index in [0.717, 1.165) is 0 Å². The average molecular weight is 410 g/mol. The summed E-state index contributed by atoms with van der Waals surface area (Å²) in [5.41, 5.74) is 0. The molecule has 0 bridgehead atoms. The van der Waals surface area contributed by atoms with Crippen molar-refractivity contribution in [3.8, 4) is 0 Å². The molecule has 0 saturated carbocycles. The summed E-state index contributed by atoms with van der Waals surface area (Å²) in [6, 6.07) is 0. The van der Waals surface area contributed by atoms with E-state index in [2.05, 4.69) is 24.3 Å². The number of halogens is 4. The van der Waals surface area contributed by atoms with Gasteiger partial charge in [-0.05, 0) is 51.4 Å². The van der Waals surface area contributed by atoms with Crippen LogP contribution in [0.5, 0.6) is 0 Å². The van der Waals surface area contributed by atoms with Crippen LogP contribution in [0.4, 0.5) is 17.3 Å². The Kier molecular flexibility index (Phi) is 18.9. The zero-order valence-corrected chi connectivity index (χ0v) is 14.9. The van der Waals surface area contributed by atoms with Crippen LogP contribution in [0.25, 0.3) is 0 Å². The summed E-state index contributed by atoms with van der Waals surface area (Å²) in [6.45, 7) is 0. The van der Waals surface area contributed by atoms with E-state index in [0.29, 0.717) is 0 Å². The molecule has 0 atom stereocenters. The van der Waals surface area contributed by atoms with Gasteiger partial charge in [0.25, 0.3) is 0 Å². The number of rotatable bonds is 0. The molecule has 6 heteroatoms.